The van der Waals surface area contributed by atoms with Crippen LogP contribution in [-0.2, 0) is 6.42 Å². The number of nitrogens with one attached hydrogen (secondary N) is 1. The predicted octanol–water partition coefficient (Wildman–Crippen LogP) is 4.21. The van der Waals surface area contributed by atoms with Gasteiger partial charge in [0.2, 0.25) is 5.89 Å². The van der Waals surface area contributed by atoms with Crippen LogP contribution in [0.4, 0.5) is 11.4 Å². The van der Waals surface area contributed by atoms with Gasteiger partial charge in [-0.1, -0.05) is 17.7 Å². The fraction of sp³-hybridized carbons (Fsp3) is 0.167. The zero-order valence-electron chi connectivity index (χ0n) is 13.2. The third kappa shape index (κ3) is 3.78. The second kappa shape index (κ2) is 6.95. The van der Waals surface area contributed by atoms with Gasteiger partial charge in [-0.2, -0.15) is 0 Å². The Balaban J connectivity index is 1.55. The summed E-state index contributed by atoms with van der Waals surface area (Å²) in [5, 5.41) is 13.8. The van der Waals surface area contributed by atoms with Gasteiger partial charge in [0, 0.05) is 36.3 Å². The van der Waals surface area contributed by atoms with Crippen LogP contribution in [0, 0.1) is 17.0 Å². The fourth-order valence-corrected chi connectivity index (χ4v) is 2.29. The number of aryl methyl sites for hydroxylation is 1. The van der Waals surface area contributed by atoms with Crippen molar-refractivity contribution in [1.29, 1.82) is 0 Å². The highest BCUT2D eigenvalue weighted by Gasteiger charge is 2.07. The Kier molecular flexibility index (Phi) is 4.56. The van der Waals surface area contributed by atoms with Gasteiger partial charge in [0.15, 0.2) is 0 Å². The minimum atomic E-state index is -0.411. The Labute approximate surface area is 139 Å². The summed E-state index contributed by atoms with van der Waals surface area (Å²) in [6.07, 6.45) is 2.36. The summed E-state index contributed by atoms with van der Waals surface area (Å²) in [6.45, 7) is 2.70. The third-order valence-corrected chi connectivity index (χ3v) is 3.64. The van der Waals surface area contributed by atoms with E-state index >= 15 is 0 Å². The van der Waals surface area contributed by atoms with E-state index in [4.69, 9.17) is 4.42 Å². The number of aromatic nitrogens is 1. The first-order valence-electron chi connectivity index (χ1n) is 7.61. The number of nitro groups is 1. The minimum Gasteiger partial charge on any atom is -0.444 e. The Bertz CT molecular complexity index is 823. The summed E-state index contributed by atoms with van der Waals surface area (Å²) in [6, 6.07) is 14.4. The van der Waals surface area contributed by atoms with Crippen LogP contribution in [0.25, 0.3) is 11.5 Å². The normalized spacial score (nSPS) is 10.5. The quantitative estimate of drug-likeness (QED) is 0.543. The van der Waals surface area contributed by atoms with Crippen LogP contribution in [0.5, 0.6) is 0 Å². The molecule has 3 aromatic rings. The molecule has 6 heteroatoms. The fourth-order valence-electron chi connectivity index (χ4n) is 2.29. The van der Waals surface area contributed by atoms with Crippen LogP contribution in [0.2, 0.25) is 0 Å². The number of non-ortho nitro benzene ring substituents is 1. The van der Waals surface area contributed by atoms with Crippen molar-refractivity contribution in [3.05, 3.63) is 76.2 Å². The highest BCUT2D eigenvalue weighted by molar-refractivity contribution is 5.53. The van der Waals surface area contributed by atoms with Gasteiger partial charge in [-0.3, -0.25) is 10.1 Å². The average molecular weight is 323 g/mol. The molecule has 2 aromatic carbocycles. The molecule has 6 nitrogen and oxygen atoms in total. The topological polar surface area (TPSA) is 81.2 Å². The molecule has 122 valence electrons. The van der Waals surface area contributed by atoms with Crippen LogP contribution in [0.1, 0.15) is 11.3 Å². The number of benzene rings is 2. The van der Waals surface area contributed by atoms with Crippen molar-refractivity contribution in [3.63, 3.8) is 0 Å². The highest BCUT2D eigenvalue weighted by atomic mass is 16.6. The first-order chi connectivity index (χ1) is 11.6. The molecule has 3 rings (SSSR count). The van der Waals surface area contributed by atoms with E-state index in [1.54, 1.807) is 18.4 Å². The molecule has 0 unspecified atom stereocenters. The summed E-state index contributed by atoms with van der Waals surface area (Å²) in [5.74, 6) is 0.611. The van der Waals surface area contributed by atoms with E-state index < -0.39 is 4.92 Å². The summed E-state index contributed by atoms with van der Waals surface area (Å²) in [4.78, 5) is 14.7. The van der Waals surface area contributed by atoms with E-state index in [1.807, 2.05) is 31.2 Å². The van der Waals surface area contributed by atoms with Crippen LogP contribution >= 0.6 is 0 Å². The average Bonchev–Trinajstić information content (AvgIpc) is 3.05. The van der Waals surface area contributed by atoms with Crippen LogP contribution in [0.3, 0.4) is 0 Å². The van der Waals surface area contributed by atoms with Gasteiger partial charge in [-0.15, -0.1) is 0 Å². The number of hydrogen-bond donors (Lipinski definition) is 1. The first kappa shape index (κ1) is 15.7. The smallest absolute Gasteiger partial charge is 0.269 e. The highest BCUT2D eigenvalue weighted by Crippen LogP contribution is 2.19. The maximum atomic E-state index is 10.6. The maximum absolute atomic E-state index is 10.6. The minimum absolute atomic E-state index is 0.0831. The molecule has 0 saturated heterocycles. The molecule has 0 aliphatic rings. The first-order valence-corrected chi connectivity index (χ1v) is 7.61. The summed E-state index contributed by atoms with van der Waals surface area (Å²) in [5.41, 5.74) is 3.93. The molecule has 0 fully saturated rings. The SMILES string of the molecule is Cc1ccc(-c2nc(CCNc3ccc([N+](=O)[O-])cc3)co2)cc1. The van der Waals surface area contributed by atoms with Gasteiger partial charge in [0.05, 0.1) is 10.6 Å². The predicted molar refractivity (Wildman–Crippen MR) is 92.0 cm³/mol. The lowest BCUT2D eigenvalue weighted by Gasteiger charge is -2.04. The molecule has 1 aromatic heterocycles. The zero-order chi connectivity index (χ0) is 16.9. The molecule has 0 aliphatic carbocycles. The molecule has 0 bridgehead atoms. The van der Waals surface area contributed by atoms with E-state index in [0.29, 0.717) is 18.9 Å². The molecule has 24 heavy (non-hydrogen) atoms. The van der Waals surface area contributed by atoms with E-state index in [-0.39, 0.29) is 5.69 Å². The lowest BCUT2D eigenvalue weighted by atomic mass is 10.1. The van der Waals surface area contributed by atoms with Gasteiger partial charge >= 0.3 is 0 Å². The van der Waals surface area contributed by atoms with Crippen molar-refractivity contribution in [3.8, 4) is 11.5 Å². The van der Waals surface area contributed by atoms with E-state index in [9.17, 15) is 10.1 Å². The molecule has 1 N–H and O–H groups in total. The summed E-state index contributed by atoms with van der Waals surface area (Å²) >= 11 is 0. The van der Waals surface area contributed by atoms with E-state index in [0.717, 1.165) is 16.9 Å². The Morgan fingerprint density at radius 1 is 1.12 bits per heavy atom. The lowest BCUT2D eigenvalue weighted by molar-refractivity contribution is -0.384. The standard InChI is InChI=1S/C18H17N3O3/c1-13-2-4-14(5-3-13)18-20-16(12-24-18)10-11-19-15-6-8-17(9-7-15)21(22)23/h2-9,12,19H,10-11H2,1H3. The van der Waals surface area contributed by atoms with Crippen molar-refractivity contribution in [1.82, 2.24) is 4.98 Å². The molecule has 0 spiro atoms. The second-order valence-electron chi connectivity index (χ2n) is 5.49. The van der Waals surface area contributed by atoms with Crippen molar-refractivity contribution in [2.24, 2.45) is 0 Å². The van der Waals surface area contributed by atoms with Crippen molar-refractivity contribution in [2.45, 2.75) is 13.3 Å². The van der Waals surface area contributed by atoms with Gasteiger partial charge < -0.3 is 9.73 Å². The molecule has 0 saturated carbocycles. The number of oxazole rings is 1. The maximum Gasteiger partial charge on any atom is 0.269 e. The molecule has 0 amide bonds. The number of hydrogen-bond acceptors (Lipinski definition) is 5. The molecular weight excluding hydrogens is 306 g/mol. The third-order valence-electron chi connectivity index (χ3n) is 3.64. The van der Waals surface area contributed by atoms with Crippen molar-refractivity contribution >= 4 is 11.4 Å². The van der Waals surface area contributed by atoms with E-state index in [1.165, 1.54) is 17.7 Å². The number of anilines is 1. The van der Waals surface area contributed by atoms with Crippen molar-refractivity contribution < 1.29 is 9.34 Å². The molecule has 1 heterocycles. The van der Waals surface area contributed by atoms with Crippen molar-refractivity contribution in [2.75, 3.05) is 11.9 Å². The van der Waals surface area contributed by atoms with Gasteiger partial charge in [0.1, 0.15) is 6.26 Å². The summed E-state index contributed by atoms with van der Waals surface area (Å²) < 4.78 is 5.52. The van der Waals surface area contributed by atoms with Gasteiger partial charge in [0.25, 0.3) is 5.69 Å². The Morgan fingerprint density at radius 3 is 2.50 bits per heavy atom. The van der Waals surface area contributed by atoms with E-state index in [2.05, 4.69) is 10.3 Å². The number of nitrogens with zero attached hydrogens (tertiary/aromatic N) is 2. The number of nitro benzene ring substituents is 1. The lowest BCUT2D eigenvalue weighted by Crippen LogP contribution is -2.05. The van der Waals surface area contributed by atoms with Gasteiger partial charge in [-0.25, -0.2) is 4.98 Å². The molecule has 0 radical (unpaired) electrons. The Hall–Kier alpha value is -3.15. The Morgan fingerprint density at radius 2 is 1.83 bits per heavy atom. The second-order valence-corrected chi connectivity index (χ2v) is 5.49. The van der Waals surface area contributed by atoms with Gasteiger partial charge in [-0.05, 0) is 31.2 Å². The van der Waals surface area contributed by atoms with Crippen LogP contribution in [0.15, 0.2) is 59.2 Å². The molecule has 0 atom stereocenters. The van der Waals surface area contributed by atoms with Crippen LogP contribution in [-0.4, -0.2) is 16.5 Å². The van der Waals surface area contributed by atoms with Crippen LogP contribution < -0.4 is 5.32 Å². The molecule has 0 aliphatic heterocycles. The summed E-state index contributed by atoms with van der Waals surface area (Å²) in [7, 11) is 0. The number of rotatable bonds is 6. The molecular formula is C18H17N3O3. The largest absolute Gasteiger partial charge is 0.444 e. The zero-order valence-corrected chi connectivity index (χ0v) is 13.2. The monoisotopic (exact) mass is 323 g/mol.